The molecule has 1 saturated heterocycles. The summed E-state index contributed by atoms with van der Waals surface area (Å²) in [4.78, 5) is 38.9. The summed E-state index contributed by atoms with van der Waals surface area (Å²) in [5.74, 6) is -1.71. The van der Waals surface area contributed by atoms with Crippen molar-refractivity contribution in [1.82, 2.24) is 20.0 Å². The molecule has 0 atom stereocenters. The highest BCUT2D eigenvalue weighted by atomic mass is 16.4. The van der Waals surface area contributed by atoms with Gasteiger partial charge in [-0.2, -0.15) is 5.10 Å². The quantitative estimate of drug-likeness (QED) is 0.829. The van der Waals surface area contributed by atoms with Gasteiger partial charge in [-0.25, -0.2) is 0 Å². The number of likely N-dealkylation sites (N-methyl/N-ethyl adjacent to an activating group) is 1. The van der Waals surface area contributed by atoms with E-state index >= 15 is 0 Å². The van der Waals surface area contributed by atoms with Gasteiger partial charge >= 0.3 is 5.97 Å². The van der Waals surface area contributed by atoms with Crippen LogP contribution in [0.1, 0.15) is 23.3 Å². The maximum absolute atomic E-state index is 12.6. The van der Waals surface area contributed by atoms with Gasteiger partial charge in [0.1, 0.15) is 5.69 Å². The number of carboxylic acid groups (broad SMARTS) is 1. The third-order valence-corrected chi connectivity index (χ3v) is 4.79. The average molecular weight is 370 g/mol. The van der Waals surface area contributed by atoms with Gasteiger partial charge in [0.25, 0.3) is 5.91 Å². The zero-order chi connectivity index (χ0) is 19.4. The van der Waals surface area contributed by atoms with E-state index in [-0.39, 0.29) is 18.4 Å². The molecule has 2 aromatic rings. The van der Waals surface area contributed by atoms with E-state index < -0.39 is 11.9 Å². The van der Waals surface area contributed by atoms with Crippen LogP contribution in [-0.4, -0.2) is 69.6 Å². The van der Waals surface area contributed by atoms with Crippen molar-refractivity contribution < 1.29 is 19.5 Å². The lowest BCUT2D eigenvalue weighted by molar-refractivity contribution is -0.145. The minimum Gasteiger partial charge on any atom is -0.481 e. The summed E-state index contributed by atoms with van der Waals surface area (Å²) in [6, 6.07) is 11.2. The zero-order valence-corrected chi connectivity index (χ0v) is 15.1. The number of likely N-dealkylation sites (tertiary alicyclic amines) is 1. The molecule has 0 saturated carbocycles. The van der Waals surface area contributed by atoms with Crippen LogP contribution in [0.5, 0.6) is 0 Å². The highest BCUT2D eigenvalue weighted by Crippen LogP contribution is 2.19. The van der Waals surface area contributed by atoms with Crippen molar-refractivity contribution in [2.75, 3.05) is 26.7 Å². The van der Waals surface area contributed by atoms with Crippen LogP contribution in [-0.2, 0) is 9.59 Å². The van der Waals surface area contributed by atoms with Crippen LogP contribution in [0, 0.1) is 5.92 Å². The van der Waals surface area contributed by atoms with Crippen molar-refractivity contribution in [2.24, 2.45) is 5.92 Å². The predicted octanol–water partition coefficient (Wildman–Crippen LogP) is 1.47. The number of piperidine rings is 1. The molecular formula is C19H22N4O4. The van der Waals surface area contributed by atoms with Gasteiger partial charge in [0.05, 0.1) is 18.2 Å². The number of aliphatic carboxylic acids is 1. The molecule has 2 heterocycles. The van der Waals surface area contributed by atoms with Crippen LogP contribution >= 0.6 is 0 Å². The Morgan fingerprint density at radius 1 is 1.22 bits per heavy atom. The Morgan fingerprint density at radius 2 is 1.89 bits per heavy atom. The summed E-state index contributed by atoms with van der Waals surface area (Å²) >= 11 is 0. The number of nitrogens with one attached hydrogen (secondary N) is 1. The average Bonchev–Trinajstić information content (AvgIpc) is 3.18. The lowest BCUT2D eigenvalue weighted by atomic mass is 9.97. The summed E-state index contributed by atoms with van der Waals surface area (Å²) in [5.41, 5.74) is 1.87. The van der Waals surface area contributed by atoms with Gasteiger partial charge < -0.3 is 14.9 Å². The van der Waals surface area contributed by atoms with Gasteiger partial charge in [-0.3, -0.25) is 19.5 Å². The number of carboxylic acids is 1. The molecule has 1 aliphatic heterocycles. The van der Waals surface area contributed by atoms with Gasteiger partial charge in [-0.15, -0.1) is 0 Å². The minimum atomic E-state index is -0.817. The summed E-state index contributed by atoms with van der Waals surface area (Å²) in [6.07, 6.45) is 0.888. The molecule has 27 heavy (non-hydrogen) atoms. The second-order valence-electron chi connectivity index (χ2n) is 6.69. The molecule has 1 aromatic heterocycles. The molecule has 1 fully saturated rings. The van der Waals surface area contributed by atoms with E-state index in [1.807, 2.05) is 30.3 Å². The first-order valence-corrected chi connectivity index (χ1v) is 8.82. The van der Waals surface area contributed by atoms with E-state index in [9.17, 15) is 14.4 Å². The van der Waals surface area contributed by atoms with E-state index in [0.29, 0.717) is 37.3 Å². The Kier molecular flexibility index (Phi) is 5.54. The van der Waals surface area contributed by atoms with Crippen LogP contribution in [0.15, 0.2) is 36.4 Å². The van der Waals surface area contributed by atoms with Crippen molar-refractivity contribution in [3.05, 3.63) is 42.1 Å². The van der Waals surface area contributed by atoms with Crippen molar-refractivity contribution in [3.8, 4) is 11.3 Å². The first kappa shape index (κ1) is 18.6. The number of rotatable bonds is 5. The molecule has 1 aromatic carbocycles. The Hall–Kier alpha value is -3.16. The first-order valence-electron chi connectivity index (χ1n) is 8.82. The summed E-state index contributed by atoms with van der Waals surface area (Å²) in [6.45, 7) is 0.746. The van der Waals surface area contributed by atoms with Crippen LogP contribution in [0.25, 0.3) is 11.3 Å². The minimum absolute atomic E-state index is 0.0593. The Bertz CT molecular complexity index is 825. The van der Waals surface area contributed by atoms with Crippen LogP contribution < -0.4 is 0 Å². The van der Waals surface area contributed by atoms with Gasteiger partial charge in [0.15, 0.2) is 0 Å². The molecule has 8 heteroatoms. The number of H-pyrrole nitrogens is 1. The van der Waals surface area contributed by atoms with Crippen molar-refractivity contribution >= 4 is 17.8 Å². The topological polar surface area (TPSA) is 107 Å². The number of aromatic amines is 1. The lowest BCUT2D eigenvalue weighted by Gasteiger charge is -2.31. The number of benzene rings is 1. The lowest BCUT2D eigenvalue weighted by Crippen LogP contribution is -2.45. The van der Waals surface area contributed by atoms with Gasteiger partial charge in [-0.05, 0) is 18.9 Å². The van der Waals surface area contributed by atoms with E-state index in [2.05, 4.69) is 10.2 Å². The Labute approximate surface area is 156 Å². The fraction of sp³-hybridized carbons (Fsp3) is 0.368. The number of hydrogen-bond acceptors (Lipinski definition) is 4. The molecule has 3 rings (SSSR count). The first-order chi connectivity index (χ1) is 13.0. The third-order valence-electron chi connectivity index (χ3n) is 4.79. The van der Waals surface area contributed by atoms with Crippen molar-refractivity contribution in [1.29, 1.82) is 0 Å². The summed E-state index contributed by atoms with van der Waals surface area (Å²) in [5, 5.41) is 15.9. The third kappa shape index (κ3) is 4.33. The zero-order valence-electron chi connectivity index (χ0n) is 15.1. The SMILES string of the molecule is CN(CC(=O)N1CCC(C(=O)O)CC1)C(=O)c1cc(-c2ccccc2)n[nH]1. The molecule has 0 aliphatic carbocycles. The molecule has 0 spiro atoms. The van der Waals surface area contributed by atoms with Crippen LogP contribution in [0.4, 0.5) is 0 Å². The molecule has 2 amide bonds. The molecule has 2 N–H and O–H groups in total. The summed E-state index contributed by atoms with van der Waals surface area (Å²) in [7, 11) is 1.56. The van der Waals surface area contributed by atoms with E-state index in [4.69, 9.17) is 5.11 Å². The second kappa shape index (κ2) is 8.03. The van der Waals surface area contributed by atoms with E-state index in [0.717, 1.165) is 5.56 Å². The van der Waals surface area contributed by atoms with Crippen molar-refractivity contribution in [3.63, 3.8) is 0 Å². The number of aromatic nitrogens is 2. The number of nitrogens with zero attached hydrogens (tertiary/aromatic N) is 3. The van der Waals surface area contributed by atoms with Crippen LogP contribution in [0.2, 0.25) is 0 Å². The fourth-order valence-corrected chi connectivity index (χ4v) is 3.14. The fourth-order valence-electron chi connectivity index (χ4n) is 3.14. The number of amides is 2. The maximum atomic E-state index is 12.6. The van der Waals surface area contributed by atoms with Gasteiger partial charge in [0, 0.05) is 25.7 Å². The largest absolute Gasteiger partial charge is 0.481 e. The second-order valence-corrected chi connectivity index (χ2v) is 6.69. The summed E-state index contributed by atoms with van der Waals surface area (Å²) < 4.78 is 0. The Morgan fingerprint density at radius 3 is 2.52 bits per heavy atom. The highest BCUT2D eigenvalue weighted by molar-refractivity contribution is 5.95. The number of hydrogen-bond donors (Lipinski definition) is 2. The van der Waals surface area contributed by atoms with E-state index in [1.54, 1.807) is 18.0 Å². The molecule has 142 valence electrons. The maximum Gasteiger partial charge on any atom is 0.306 e. The van der Waals surface area contributed by atoms with Gasteiger partial charge in [0.2, 0.25) is 5.91 Å². The molecule has 0 radical (unpaired) electrons. The standard InChI is InChI=1S/C19H22N4O4/c1-22(12-17(24)23-9-7-14(8-10-23)19(26)27)18(25)16-11-15(20-21-16)13-5-3-2-4-6-13/h2-6,11,14H,7-10,12H2,1H3,(H,20,21)(H,26,27). The van der Waals surface area contributed by atoms with Crippen molar-refractivity contribution in [2.45, 2.75) is 12.8 Å². The normalized spacial score (nSPS) is 14.8. The number of carbonyl (C=O) groups is 3. The molecule has 0 bridgehead atoms. The van der Waals surface area contributed by atoms with Crippen LogP contribution in [0.3, 0.4) is 0 Å². The van der Waals surface area contributed by atoms with E-state index in [1.165, 1.54) is 4.90 Å². The predicted molar refractivity (Wildman–Crippen MR) is 97.9 cm³/mol. The monoisotopic (exact) mass is 370 g/mol. The molecule has 0 unspecified atom stereocenters. The number of carbonyl (C=O) groups excluding carboxylic acids is 2. The van der Waals surface area contributed by atoms with Gasteiger partial charge in [-0.1, -0.05) is 30.3 Å². The highest BCUT2D eigenvalue weighted by Gasteiger charge is 2.28. The molecular weight excluding hydrogens is 348 g/mol. The molecule has 8 nitrogen and oxygen atoms in total. The molecule has 1 aliphatic rings. The Balaban J connectivity index is 1.57. The smallest absolute Gasteiger partial charge is 0.306 e.